The highest BCUT2D eigenvalue weighted by atomic mass is 16.3. The molecule has 1 amide bonds. The van der Waals surface area contributed by atoms with E-state index in [4.69, 9.17) is 0 Å². The fourth-order valence-corrected chi connectivity index (χ4v) is 2.27. The lowest BCUT2D eigenvalue weighted by Gasteiger charge is -2.04. The number of tetrazole rings is 1. The molecule has 132 valence electrons. The van der Waals surface area contributed by atoms with Crippen molar-refractivity contribution in [1.82, 2.24) is 25.6 Å². The zero-order valence-electron chi connectivity index (χ0n) is 13.9. The Hall–Kier alpha value is -3.75. The first-order valence-electron chi connectivity index (χ1n) is 7.70. The summed E-state index contributed by atoms with van der Waals surface area (Å²) < 4.78 is 0. The van der Waals surface area contributed by atoms with Gasteiger partial charge in [-0.1, -0.05) is 30.3 Å². The molecule has 1 heterocycles. The molecule has 0 aliphatic rings. The van der Waals surface area contributed by atoms with Crippen LogP contribution in [0.15, 0.2) is 47.6 Å². The predicted octanol–water partition coefficient (Wildman–Crippen LogP) is 1.21. The number of rotatable bonds is 5. The van der Waals surface area contributed by atoms with E-state index in [-0.39, 0.29) is 18.0 Å². The fraction of sp³-hybridized carbons (Fsp3) is 0.118. The number of carbonyl (C=O) groups excluding carboxylic acids is 1. The highest BCUT2D eigenvalue weighted by Gasteiger charge is 2.09. The van der Waals surface area contributed by atoms with Crippen LogP contribution >= 0.6 is 0 Å². The number of benzene rings is 2. The Morgan fingerprint density at radius 3 is 2.77 bits per heavy atom. The largest absolute Gasteiger partial charge is 0.508 e. The lowest BCUT2D eigenvalue weighted by Crippen LogP contribution is -2.24. The summed E-state index contributed by atoms with van der Waals surface area (Å²) in [6.07, 6.45) is 1.30. The molecular weight excluding hydrogens is 336 g/mol. The number of nitrogens with zero attached hydrogens (tertiary/aromatic N) is 5. The van der Waals surface area contributed by atoms with Crippen molar-refractivity contribution in [3.05, 3.63) is 53.6 Å². The van der Waals surface area contributed by atoms with Gasteiger partial charge in [-0.3, -0.25) is 4.79 Å². The molecule has 0 saturated carbocycles. The highest BCUT2D eigenvalue weighted by molar-refractivity contribution is 5.87. The maximum Gasteiger partial charge on any atom is 0.263 e. The molecule has 0 bridgehead atoms. The lowest BCUT2D eigenvalue weighted by atomic mass is 10.1. The van der Waals surface area contributed by atoms with Crippen molar-refractivity contribution in [2.24, 2.45) is 5.10 Å². The summed E-state index contributed by atoms with van der Waals surface area (Å²) in [4.78, 5) is 13.1. The van der Waals surface area contributed by atoms with Crippen LogP contribution in [0.2, 0.25) is 0 Å². The number of nitrogens with one attached hydrogen (secondary N) is 1. The average Bonchev–Trinajstić information content (AvgIpc) is 3.06. The van der Waals surface area contributed by atoms with Crippen LogP contribution in [0.25, 0.3) is 11.4 Å². The fourth-order valence-electron chi connectivity index (χ4n) is 2.27. The van der Waals surface area contributed by atoms with Gasteiger partial charge in [0.25, 0.3) is 5.91 Å². The van der Waals surface area contributed by atoms with Crippen molar-refractivity contribution in [2.75, 3.05) is 0 Å². The van der Waals surface area contributed by atoms with Crippen LogP contribution in [0.4, 0.5) is 0 Å². The lowest BCUT2D eigenvalue weighted by molar-refractivity contribution is -0.122. The van der Waals surface area contributed by atoms with Gasteiger partial charge in [0.2, 0.25) is 5.82 Å². The number of hydrogen-bond donors (Lipinski definition) is 3. The Morgan fingerprint density at radius 1 is 1.27 bits per heavy atom. The molecule has 2 aromatic carbocycles. The van der Waals surface area contributed by atoms with Gasteiger partial charge in [0, 0.05) is 17.2 Å². The minimum atomic E-state index is -0.450. The molecule has 3 aromatic rings. The third kappa shape index (κ3) is 4.01. The van der Waals surface area contributed by atoms with Gasteiger partial charge in [-0.25, -0.2) is 5.43 Å². The molecule has 26 heavy (non-hydrogen) atoms. The third-order valence-corrected chi connectivity index (χ3v) is 3.50. The third-order valence-electron chi connectivity index (χ3n) is 3.50. The summed E-state index contributed by atoms with van der Waals surface area (Å²) in [5.41, 5.74) is 4.14. The minimum Gasteiger partial charge on any atom is -0.508 e. The summed E-state index contributed by atoms with van der Waals surface area (Å²) in [5, 5.41) is 34.8. The SMILES string of the molecule is Cc1cc(O)cc(O)c1/C=N/NC(=O)Cn1nnc(-c2ccccc2)n1. The molecule has 9 heteroatoms. The van der Waals surface area contributed by atoms with E-state index in [1.165, 1.54) is 18.3 Å². The molecule has 0 unspecified atom stereocenters. The molecule has 3 N–H and O–H groups in total. The molecule has 0 atom stereocenters. The van der Waals surface area contributed by atoms with E-state index >= 15 is 0 Å². The molecule has 0 fully saturated rings. The van der Waals surface area contributed by atoms with E-state index in [0.29, 0.717) is 17.0 Å². The minimum absolute atomic E-state index is 0.0485. The van der Waals surface area contributed by atoms with Crippen molar-refractivity contribution in [1.29, 1.82) is 0 Å². The van der Waals surface area contributed by atoms with E-state index in [0.717, 1.165) is 10.4 Å². The zero-order valence-corrected chi connectivity index (χ0v) is 13.9. The first-order chi connectivity index (χ1) is 12.5. The van der Waals surface area contributed by atoms with Gasteiger partial charge in [-0.15, -0.1) is 10.2 Å². The van der Waals surface area contributed by atoms with Gasteiger partial charge >= 0.3 is 0 Å². The standard InChI is InChI=1S/C17H16N6O3/c1-11-7-13(24)8-15(25)14(11)9-18-19-16(26)10-23-21-17(20-22-23)12-5-3-2-4-6-12/h2-9,24-25H,10H2,1H3,(H,19,26)/b18-9+. The maximum absolute atomic E-state index is 11.9. The topological polar surface area (TPSA) is 126 Å². The number of phenols is 2. The number of aromatic hydroxyl groups is 2. The average molecular weight is 352 g/mol. The Balaban J connectivity index is 1.61. The van der Waals surface area contributed by atoms with Crippen LogP contribution < -0.4 is 5.43 Å². The number of hydrogen-bond acceptors (Lipinski definition) is 7. The molecule has 0 aliphatic carbocycles. The second-order valence-corrected chi connectivity index (χ2v) is 5.50. The molecule has 0 aliphatic heterocycles. The molecule has 0 spiro atoms. The predicted molar refractivity (Wildman–Crippen MR) is 93.5 cm³/mol. The molecule has 9 nitrogen and oxygen atoms in total. The summed E-state index contributed by atoms with van der Waals surface area (Å²) >= 11 is 0. The Bertz CT molecular complexity index is 929. The molecular formula is C17H16N6O3. The molecule has 3 rings (SSSR count). The van der Waals surface area contributed by atoms with Crippen molar-refractivity contribution in [3.8, 4) is 22.9 Å². The van der Waals surface area contributed by atoms with Crippen LogP contribution in [0.3, 0.4) is 0 Å². The van der Waals surface area contributed by atoms with E-state index < -0.39 is 5.91 Å². The normalized spacial score (nSPS) is 11.0. The van der Waals surface area contributed by atoms with E-state index in [2.05, 4.69) is 25.9 Å². The van der Waals surface area contributed by atoms with E-state index in [1.54, 1.807) is 6.92 Å². The van der Waals surface area contributed by atoms with Gasteiger partial charge in [0.1, 0.15) is 18.0 Å². The van der Waals surface area contributed by atoms with E-state index in [9.17, 15) is 15.0 Å². The van der Waals surface area contributed by atoms with Crippen LogP contribution in [-0.2, 0) is 11.3 Å². The van der Waals surface area contributed by atoms with Gasteiger partial charge < -0.3 is 10.2 Å². The summed E-state index contributed by atoms with van der Waals surface area (Å²) in [6.45, 7) is 1.55. The zero-order chi connectivity index (χ0) is 18.5. The Kier molecular flexibility index (Phi) is 4.88. The first kappa shape index (κ1) is 17.1. The highest BCUT2D eigenvalue weighted by Crippen LogP contribution is 2.24. The molecule has 0 radical (unpaired) electrons. The summed E-state index contributed by atoms with van der Waals surface area (Å²) in [7, 11) is 0. The van der Waals surface area contributed by atoms with Gasteiger partial charge in [0.15, 0.2) is 0 Å². The number of aryl methyl sites for hydroxylation is 1. The van der Waals surface area contributed by atoms with Crippen LogP contribution in [0.5, 0.6) is 11.5 Å². The monoisotopic (exact) mass is 352 g/mol. The van der Waals surface area contributed by atoms with Crippen LogP contribution in [0, 0.1) is 6.92 Å². The van der Waals surface area contributed by atoms with E-state index in [1.807, 2.05) is 30.3 Å². The van der Waals surface area contributed by atoms with Crippen LogP contribution in [0.1, 0.15) is 11.1 Å². The van der Waals surface area contributed by atoms with Crippen molar-refractivity contribution < 1.29 is 15.0 Å². The number of aromatic nitrogens is 4. The Morgan fingerprint density at radius 2 is 2.04 bits per heavy atom. The number of hydrazone groups is 1. The van der Waals surface area contributed by atoms with Gasteiger partial charge in [-0.2, -0.15) is 9.90 Å². The second kappa shape index (κ2) is 7.43. The van der Waals surface area contributed by atoms with Crippen molar-refractivity contribution >= 4 is 12.1 Å². The molecule has 0 saturated heterocycles. The number of phenolic OH excluding ortho intramolecular Hbond substituents is 2. The second-order valence-electron chi connectivity index (χ2n) is 5.50. The van der Waals surface area contributed by atoms with Crippen molar-refractivity contribution in [3.63, 3.8) is 0 Å². The Labute approximate surface area is 148 Å². The molecule has 1 aromatic heterocycles. The van der Waals surface area contributed by atoms with Crippen molar-refractivity contribution in [2.45, 2.75) is 13.5 Å². The quantitative estimate of drug-likeness (QED) is 0.468. The number of amides is 1. The maximum atomic E-state index is 11.9. The summed E-state index contributed by atoms with van der Waals surface area (Å²) in [5.74, 6) is -0.209. The van der Waals surface area contributed by atoms with Crippen LogP contribution in [-0.4, -0.2) is 42.5 Å². The summed E-state index contributed by atoms with van der Waals surface area (Å²) in [6, 6.07) is 12.0. The smallest absolute Gasteiger partial charge is 0.263 e. The number of carbonyl (C=O) groups is 1. The van der Waals surface area contributed by atoms with Gasteiger partial charge in [-0.05, 0) is 23.8 Å². The first-order valence-corrected chi connectivity index (χ1v) is 7.70. The van der Waals surface area contributed by atoms with Gasteiger partial charge in [0.05, 0.1) is 6.21 Å².